The van der Waals surface area contributed by atoms with E-state index in [1.807, 2.05) is 16.7 Å². The van der Waals surface area contributed by atoms with Gasteiger partial charge >= 0.3 is 221 Å². The van der Waals surface area contributed by atoms with Crippen molar-refractivity contribution in [1.82, 2.24) is 9.80 Å². The van der Waals surface area contributed by atoms with Crippen molar-refractivity contribution in [2.75, 3.05) is 52.9 Å². The SMILES string of the molecule is [B]=C1C(C(N)=O)=C(O)[C@@H](N(C)C)[C@@H]2C[C@]3(N)Cc4c(c(O)cc(CN(CC)CCF)c4N(C)C)C(O)=C3C(=O)[C@]12O. The molecule has 13 heteroatoms. The van der Waals surface area contributed by atoms with Crippen molar-refractivity contribution in [3.63, 3.8) is 0 Å². The van der Waals surface area contributed by atoms with Crippen LogP contribution in [0.25, 0.3) is 5.76 Å². The fourth-order valence-corrected chi connectivity index (χ4v) is 6.96. The van der Waals surface area contributed by atoms with Crippen molar-refractivity contribution in [2.24, 2.45) is 17.4 Å². The number of phenolic OH excluding ortho intramolecular Hbond substituents is 1. The maximum absolute atomic E-state index is 14.2. The first-order valence-corrected chi connectivity index (χ1v) is 13.4. The number of Topliss-reactive ketones (excluding diaryl/α,β-unsaturated/α-hetero) is 1. The van der Waals surface area contributed by atoms with Gasteiger partial charge in [-0.15, -0.1) is 0 Å². The number of hydrogen-bond acceptors (Lipinski definition) is 10. The van der Waals surface area contributed by atoms with E-state index in [1.54, 1.807) is 28.2 Å². The topological polar surface area (TPSA) is 177 Å². The molecule has 0 unspecified atom stereocenters. The maximum atomic E-state index is 14.2. The van der Waals surface area contributed by atoms with Crippen LogP contribution in [-0.4, -0.2) is 120 Å². The molecule has 0 aliphatic heterocycles. The Morgan fingerprint density at radius 2 is 1.85 bits per heavy atom. The van der Waals surface area contributed by atoms with Gasteiger partial charge in [0.1, 0.15) is 6.67 Å². The van der Waals surface area contributed by atoms with Crippen molar-refractivity contribution >= 4 is 36.1 Å². The minimum absolute atomic E-state index is 0.00970. The van der Waals surface area contributed by atoms with Gasteiger partial charge in [-0.2, -0.15) is 0 Å². The van der Waals surface area contributed by atoms with Crippen LogP contribution in [0, 0.1) is 5.92 Å². The van der Waals surface area contributed by atoms with E-state index in [0.717, 1.165) is 0 Å². The molecular weight excluding hydrogens is 532 g/mol. The van der Waals surface area contributed by atoms with Gasteiger partial charge in [0.2, 0.25) is 0 Å². The number of aliphatic hydroxyl groups is 3. The number of alkyl halides is 1. The molecule has 3 aliphatic rings. The quantitative estimate of drug-likeness (QED) is 0.227. The summed E-state index contributed by atoms with van der Waals surface area (Å²) >= 11 is 0. The zero-order chi connectivity index (χ0) is 30.8. The van der Waals surface area contributed by atoms with E-state index >= 15 is 0 Å². The molecule has 1 saturated carbocycles. The molecule has 1 aromatic rings. The van der Waals surface area contributed by atoms with Crippen LogP contribution < -0.4 is 16.4 Å². The fourth-order valence-electron chi connectivity index (χ4n) is 6.96. The number of carbonyl (C=O) groups excluding carboxylic acids is 2. The number of primary amides is 1. The first-order chi connectivity index (χ1) is 19.1. The molecule has 1 radical (unpaired) electrons. The van der Waals surface area contributed by atoms with Crippen LogP contribution in [0.2, 0.25) is 0 Å². The summed E-state index contributed by atoms with van der Waals surface area (Å²) in [7, 11) is 13.0. The van der Waals surface area contributed by atoms with Crippen molar-refractivity contribution in [1.29, 1.82) is 0 Å². The van der Waals surface area contributed by atoms with Gasteiger partial charge in [0, 0.05) is 0 Å². The number of carbonyl (C=O) groups is 2. The Morgan fingerprint density at radius 1 is 1.22 bits per heavy atom. The van der Waals surface area contributed by atoms with Crippen molar-refractivity contribution in [2.45, 2.75) is 43.5 Å². The number of aliphatic hydroxyl groups excluding tert-OH is 2. The molecule has 1 amide bonds. The van der Waals surface area contributed by atoms with Gasteiger partial charge in [-0.05, 0) is 0 Å². The Morgan fingerprint density at radius 3 is 2.37 bits per heavy atom. The van der Waals surface area contributed by atoms with Crippen LogP contribution in [0.4, 0.5) is 10.1 Å². The zero-order valence-electron chi connectivity index (χ0n) is 24.0. The molecule has 3 aliphatic carbocycles. The van der Waals surface area contributed by atoms with Gasteiger partial charge in [-0.1, -0.05) is 6.92 Å². The average Bonchev–Trinajstić information content (AvgIpc) is 2.84. The standard InChI is InChI=1S/C28H38BFN5O6/c1-6-35(8-7-30)12-13-9-16(36)17-14(20(13)33(2)3)10-27(32)11-15-21(34(4)5)23(38)18(26(31)40)24(29)28(15,41)25(39)19(27)22(17)37/h9,15,21,36-38,41H,6-8,10-12,32H2,1-5H3,(H2,31,40)/t15-,21-,27+,28+/m0/s1. The Kier molecular flexibility index (Phi) is 7.89. The molecule has 11 nitrogen and oxygen atoms in total. The minimum atomic E-state index is -2.52. The van der Waals surface area contributed by atoms with Gasteiger partial charge in [-0.3, -0.25) is 0 Å². The van der Waals surface area contributed by atoms with Gasteiger partial charge in [0.15, 0.2) is 0 Å². The number of aromatic hydroxyl groups is 1. The molecule has 0 bridgehead atoms. The van der Waals surface area contributed by atoms with Gasteiger partial charge in [0.05, 0.1) is 0 Å². The number of amides is 1. The third kappa shape index (κ3) is 4.46. The summed E-state index contributed by atoms with van der Waals surface area (Å²) < 4.78 is 13.2. The van der Waals surface area contributed by atoms with Crippen molar-refractivity contribution < 1.29 is 34.4 Å². The van der Waals surface area contributed by atoms with Gasteiger partial charge < -0.3 is 0 Å². The van der Waals surface area contributed by atoms with E-state index < -0.39 is 64.0 Å². The molecule has 1 fully saturated rings. The summed E-state index contributed by atoms with van der Waals surface area (Å²) in [6, 6.07) is 0.408. The average molecular weight is 570 g/mol. The van der Waals surface area contributed by atoms with Crippen LogP contribution in [0.3, 0.4) is 0 Å². The zero-order valence-corrected chi connectivity index (χ0v) is 24.0. The second-order valence-electron chi connectivity index (χ2n) is 11.6. The summed E-state index contributed by atoms with van der Waals surface area (Å²) in [4.78, 5) is 31.7. The molecule has 4 atom stereocenters. The van der Waals surface area contributed by atoms with E-state index in [2.05, 4.69) is 0 Å². The van der Waals surface area contributed by atoms with Crippen LogP contribution >= 0.6 is 0 Å². The summed E-state index contributed by atoms with van der Waals surface area (Å²) in [6.45, 7) is 2.43. The summed E-state index contributed by atoms with van der Waals surface area (Å²) in [5.41, 5.74) is 8.63. The molecule has 0 heterocycles. The van der Waals surface area contributed by atoms with E-state index in [-0.39, 0.29) is 36.3 Å². The molecule has 0 spiro atoms. The molecule has 221 valence electrons. The Hall–Kier alpha value is -3.26. The monoisotopic (exact) mass is 570 g/mol. The second kappa shape index (κ2) is 10.5. The molecule has 8 N–H and O–H groups in total. The molecule has 4 rings (SSSR count). The number of phenols is 1. The number of rotatable bonds is 8. The number of nitrogens with two attached hydrogens (primary N) is 2. The second-order valence-corrected chi connectivity index (χ2v) is 11.6. The number of likely N-dealkylation sites (N-methyl/N-ethyl adjacent to an activating group) is 1. The molecular formula is C28H38BFN5O6. The summed E-state index contributed by atoms with van der Waals surface area (Å²) in [6.07, 6.45) is -0.147. The number of benzene rings is 1. The van der Waals surface area contributed by atoms with Crippen LogP contribution in [0.1, 0.15) is 30.0 Å². The third-order valence-corrected chi connectivity index (χ3v) is 8.71. The van der Waals surface area contributed by atoms with E-state index in [9.17, 15) is 34.4 Å². The predicted molar refractivity (Wildman–Crippen MR) is 155 cm³/mol. The number of hydrogen-bond donors (Lipinski definition) is 6. The van der Waals surface area contributed by atoms with Crippen LogP contribution in [0.15, 0.2) is 23.0 Å². The summed E-state index contributed by atoms with van der Waals surface area (Å²) in [5, 5.41) is 45.7. The van der Waals surface area contributed by atoms with E-state index in [4.69, 9.17) is 19.0 Å². The Balaban J connectivity index is 1.98. The fraction of sp³-hybridized carbons (Fsp3) is 0.536. The number of fused-ring (bicyclic) bond motifs is 3. The van der Waals surface area contributed by atoms with E-state index in [0.29, 0.717) is 29.9 Å². The first-order valence-electron chi connectivity index (χ1n) is 13.4. The van der Waals surface area contributed by atoms with Crippen LogP contribution in [0.5, 0.6) is 5.75 Å². The van der Waals surface area contributed by atoms with Crippen molar-refractivity contribution in [3.05, 3.63) is 39.7 Å². The third-order valence-electron chi connectivity index (χ3n) is 8.71. The van der Waals surface area contributed by atoms with Gasteiger partial charge in [-0.25, -0.2) is 4.39 Å². The summed E-state index contributed by atoms with van der Waals surface area (Å²) in [5.74, 6) is -4.69. The normalized spacial score (nSPS) is 27.7. The Bertz CT molecular complexity index is 1390. The molecule has 0 aromatic heterocycles. The van der Waals surface area contributed by atoms with Crippen molar-refractivity contribution in [3.8, 4) is 5.75 Å². The molecule has 41 heavy (non-hydrogen) atoms. The number of anilines is 1. The number of halogens is 1. The molecule has 1 aromatic carbocycles. The molecule has 0 saturated heterocycles. The number of ketones is 1. The predicted octanol–water partition coefficient (Wildman–Crippen LogP) is -0.325. The Labute approximate surface area is 239 Å². The number of nitrogens with zero attached hydrogens (tertiary/aromatic N) is 3. The first kappa shape index (κ1) is 30.7. The van der Waals surface area contributed by atoms with Gasteiger partial charge in [0.25, 0.3) is 0 Å². The van der Waals surface area contributed by atoms with E-state index in [1.165, 1.54) is 11.0 Å². The van der Waals surface area contributed by atoms with Crippen LogP contribution in [-0.2, 0) is 22.6 Å².